The quantitative estimate of drug-likeness (QED) is 0.207. The van der Waals surface area contributed by atoms with E-state index in [1.165, 1.54) is 10.4 Å². The predicted molar refractivity (Wildman–Crippen MR) is 148 cm³/mol. The normalized spacial score (nSPS) is 15.2. The number of H-pyrrole nitrogens is 2. The van der Waals surface area contributed by atoms with Crippen molar-refractivity contribution in [1.82, 2.24) is 20.1 Å². The molecule has 37 heavy (non-hydrogen) atoms. The molecule has 0 atom stereocenters. The molecule has 1 aliphatic rings. The molecule has 1 aliphatic heterocycles. The van der Waals surface area contributed by atoms with Crippen LogP contribution in [-0.2, 0) is 18.0 Å². The summed E-state index contributed by atoms with van der Waals surface area (Å²) in [5, 5.41) is 18.5. The fourth-order valence-electron chi connectivity index (χ4n) is 4.91. The molecule has 0 bridgehead atoms. The number of aliphatic hydroxyl groups excluding tert-OH is 1. The van der Waals surface area contributed by atoms with Crippen LogP contribution in [0.2, 0.25) is 0 Å². The van der Waals surface area contributed by atoms with Gasteiger partial charge in [0.1, 0.15) is 11.4 Å². The predicted octanol–water partition coefficient (Wildman–Crippen LogP) is 5.72. The number of hydrogen-bond acceptors (Lipinski definition) is 6. The van der Waals surface area contributed by atoms with E-state index in [9.17, 15) is 5.11 Å². The second-order valence-electron chi connectivity index (χ2n) is 9.71. The van der Waals surface area contributed by atoms with Crippen molar-refractivity contribution in [2.24, 2.45) is 0 Å². The summed E-state index contributed by atoms with van der Waals surface area (Å²) in [5.74, 6) is 0.871. The smallest absolute Gasteiger partial charge is 0.126 e. The lowest BCUT2D eigenvalue weighted by atomic mass is 10.1. The zero-order valence-corrected chi connectivity index (χ0v) is 21.6. The molecule has 7 nitrogen and oxygen atoms in total. The number of ether oxygens (including phenoxy) is 2. The number of benzene rings is 2. The molecule has 0 aliphatic carbocycles. The first kappa shape index (κ1) is 24.2. The Balaban J connectivity index is 1.07. The van der Waals surface area contributed by atoms with Crippen LogP contribution in [0.25, 0.3) is 32.5 Å². The number of thiophene rings is 1. The molecular weight excluding hydrogens is 484 g/mol. The van der Waals surface area contributed by atoms with E-state index in [0.717, 1.165) is 77.2 Å². The summed E-state index contributed by atoms with van der Waals surface area (Å²) in [6, 6.07) is 20.7. The van der Waals surface area contributed by atoms with Crippen molar-refractivity contribution in [2.75, 3.05) is 26.2 Å². The molecule has 4 heterocycles. The monoisotopic (exact) mass is 516 g/mol. The number of hydrogen-bond donors (Lipinski definition) is 3. The first-order valence-corrected chi connectivity index (χ1v) is 13.8. The van der Waals surface area contributed by atoms with E-state index in [2.05, 4.69) is 56.5 Å². The van der Waals surface area contributed by atoms with Crippen LogP contribution in [0, 0.1) is 0 Å². The number of aliphatic hydroxyl groups is 1. The Morgan fingerprint density at radius 3 is 2.73 bits per heavy atom. The van der Waals surface area contributed by atoms with Crippen molar-refractivity contribution in [3.63, 3.8) is 0 Å². The van der Waals surface area contributed by atoms with Crippen LogP contribution in [0.3, 0.4) is 0 Å². The van der Waals surface area contributed by atoms with Crippen molar-refractivity contribution in [1.29, 1.82) is 0 Å². The maximum absolute atomic E-state index is 9.65. The minimum absolute atomic E-state index is 0.122. The Labute approximate surface area is 220 Å². The SMILES string of the molecule is OC1CCN(CCCOc2ccc3cc(-c4n[nH]c5cc(COCc6ccccc6)sc45)[nH]c3c2)CC1. The molecule has 0 unspecified atom stereocenters. The Morgan fingerprint density at radius 1 is 1.00 bits per heavy atom. The third kappa shape index (κ3) is 5.72. The highest BCUT2D eigenvalue weighted by Gasteiger charge is 2.17. The van der Waals surface area contributed by atoms with Crippen molar-refractivity contribution in [3.05, 3.63) is 71.1 Å². The van der Waals surface area contributed by atoms with E-state index in [-0.39, 0.29) is 6.10 Å². The third-order valence-electron chi connectivity index (χ3n) is 6.94. The zero-order chi connectivity index (χ0) is 25.0. The van der Waals surface area contributed by atoms with Gasteiger partial charge in [0.15, 0.2) is 0 Å². The number of aromatic nitrogens is 3. The number of nitrogens with one attached hydrogen (secondary N) is 2. The highest BCUT2D eigenvalue weighted by Crippen LogP contribution is 2.35. The lowest BCUT2D eigenvalue weighted by Gasteiger charge is -2.29. The van der Waals surface area contributed by atoms with Gasteiger partial charge in [-0.3, -0.25) is 5.10 Å². The molecule has 6 rings (SSSR count). The molecule has 3 aromatic heterocycles. The standard InChI is InChI=1S/C29H32N4O3S/c34-22-9-12-33(13-10-22)11-4-14-36-23-8-7-21-15-26(30-25(21)16-23)28-29-27(31-32-28)17-24(37-29)19-35-18-20-5-2-1-3-6-20/h1-3,5-8,15-17,22,30,34H,4,9-14,18-19H2,(H,31,32). The molecule has 5 aromatic rings. The number of piperidine rings is 1. The number of likely N-dealkylation sites (tertiary alicyclic amines) is 1. The van der Waals surface area contributed by atoms with Crippen molar-refractivity contribution in [3.8, 4) is 17.1 Å². The minimum atomic E-state index is -0.122. The lowest BCUT2D eigenvalue weighted by Crippen LogP contribution is -2.36. The number of rotatable bonds is 10. The molecule has 1 fully saturated rings. The Hall–Kier alpha value is -3.17. The fraction of sp³-hybridized carbons (Fsp3) is 0.345. The topological polar surface area (TPSA) is 86.4 Å². The summed E-state index contributed by atoms with van der Waals surface area (Å²) < 4.78 is 13.1. The van der Waals surface area contributed by atoms with E-state index in [4.69, 9.17) is 9.47 Å². The van der Waals surface area contributed by atoms with Gasteiger partial charge in [0.05, 0.1) is 41.8 Å². The molecule has 2 aromatic carbocycles. The first-order chi connectivity index (χ1) is 18.2. The Kier molecular flexibility index (Phi) is 7.23. The van der Waals surface area contributed by atoms with E-state index in [1.807, 2.05) is 24.3 Å². The van der Waals surface area contributed by atoms with Crippen molar-refractivity contribution < 1.29 is 14.6 Å². The summed E-state index contributed by atoms with van der Waals surface area (Å²) in [5.41, 5.74) is 5.17. The molecule has 192 valence electrons. The summed E-state index contributed by atoms with van der Waals surface area (Å²) in [4.78, 5) is 7.12. The summed E-state index contributed by atoms with van der Waals surface area (Å²) in [6.45, 7) is 4.83. The van der Waals surface area contributed by atoms with E-state index in [1.54, 1.807) is 11.3 Å². The Bertz CT molecular complexity index is 1450. The van der Waals surface area contributed by atoms with Gasteiger partial charge in [-0.15, -0.1) is 11.3 Å². The van der Waals surface area contributed by atoms with Gasteiger partial charge in [0, 0.05) is 41.5 Å². The van der Waals surface area contributed by atoms with Gasteiger partial charge in [0.25, 0.3) is 0 Å². The maximum atomic E-state index is 9.65. The van der Waals surface area contributed by atoms with Crippen molar-refractivity contribution in [2.45, 2.75) is 38.6 Å². The second kappa shape index (κ2) is 11.1. The van der Waals surface area contributed by atoms with Crippen LogP contribution in [0.5, 0.6) is 5.75 Å². The molecule has 1 saturated heterocycles. The molecular formula is C29H32N4O3S. The van der Waals surface area contributed by atoms with Crippen LogP contribution in [-0.4, -0.2) is 57.5 Å². The molecule has 0 spiro atoms. The van der Waals surface area contributed by atoms with Gasteiger partial charge in [-0.2, -0.15) is 5.10 Å². The van der Waals surface area contributed by atoms with Gasteiger partial charge < -0.3 is 24.5 Å². The average Bonchev–Trinajstić information content (AvgIpc) is 3.62. The minimum Gasteiger partial charge on any atom is -0.493 e. The summed E-state index contributed by atoms with van der Waals surface area (Å²) in [7, 11) is 0. The second-order valence-corrected chi connectivity index (χ2v) is 10.8. The van der Waals surface area contributed by atoms with E-state index in [0.29, 0.717) is 19.8 Å². The van der Waals surface area contributed by atoms with E-state index < -0.39 is 0 Å². The molecule has 8 heteroatoms. The number of fused-ring (bicyclic) bond motifs is 2. The van der Waals surface area contributed by atoms with Crippen LogP contribution < -0.4 is 4.74 Å². The van der Waals surface area contributed by atoms with Gasteiger partial charge in [-0.1, -0.05) is 30.3 Å². The average molecular weight is 517 g/mol. The van der Waals surface area contributed by atoms with Gasteiger partial charge >= 0.3 is 0 Å². The number of aromatic amines is 2. The van der Waals surface area contributed by atoms with E-state index >= 15 is 0 Å². The van der Waals surface area contributed by atoms with Crippen LogP contribution >= 0.6 is 11.3 Å². The molecule has 0 radical (unpaired) electrons. The maximum Gasteiger partial charge on any atom is 0.126 e. The molecule has 0 amide bonds. The molecule has 0 saturated carbocycles. The van der Waals surface area contributed by atoms with Crippen molar-refractivity contribution >= 4 is 32.5 Å². The van der Waals surface area contributed by atoms with Gasteiger partial charge in [-0.05, 0) is 49.1 Å². The van der Waals surface area contributed by atoms with Crippen LogP contribution in [0.4, 0.5) is 0 Å². The summed E-state index contributed by atoms with van der Waals surface area (Å²) in [6.07, 6.45) is 2.61. The van der Waals surface area contributed by atoms with Crippen LogP contribution in [0.1, 0.15) is 29.7 Å². The highest BCUT2D eigenvalue weighted by molar-refractivity contribution is 7.19. The highest BCUT2D eigenvalue weighted by atomic mass is 32.1. The zero-order valence-electron chi connectivity index (χ0n) is 20.8. The van der Waals surface area contributed by atoms with Gasteiger partial charge in [-0.25, -0.2) is 0 Å². The van der Waals surface area contributed by atoms with Crippen LogP contribution in [0.15, 0.2) is 60.7 Å². The molecule has 3 N–H and O–H groups in total. The summed E-state index contributed by atoms with van der Waals surface area (Å²) >= 11 is 1.72. The first-order valence-electron chi connectivity index (χ1n) is 13.0. The lowest BCUT2D eigenvalue weighted by molar-refractivity contribution is 0.0800. The Morgan fingerprint density at radius 2 is 1.86 bits per heavy atom. The fourth-order valence-corrected chi connectivity index (χ4v) is 5.96. The largest absolute Gasteiger partial charge is 0.493 e. The third-order valence-corrected chi connectivity index (χ3v) is 8.05. The number of nitrogens with zero attached hydrogens (tertiary/aromatic N) is 2. The van der Waals surface area contributed by atoms with Gasteiger partial charge in [0.2, 0.25) is 0 Å².